The standard InChI is InChI=1S/C17H14BrF2N3O2S.2C2H6/c1-2-5-26(25)23-13-4-3-12(19)14(15(13)20)16(24)11-8-22-17-10(11)6-9(18)7-21-17;2*1-2/h3-4,6-8,23H,2,5H2,1H3,(H,21,22);2*1-2H3. The van der Waals surface area contributed by atoms with Gasteiger partial charge in [-0.1, -0.05) is 34.6 Å². The fraction of sp³-hybridized carbons (Fsp3) is 0.333. The lowest BCUT2D eigenvalue weighted by molar-refractivity contribution is 0.103. The molecule has 164 valence electrons. The molecule has 1 atom stereocenters. The summed E-state index contributed by atoms with van der Waals surface area (Å²) < 4.78 is 43.9. The van der Waals surface area contributed by atoms with Crippen LogP contribution in [0.4, 0.5) is 14.5 Å². The average molecular weight is 502 g/mol. The first-order valence-corrected chi connectivity index (χ1v) is 11.8. The number of halogens is 3. The van der Waals surface area contributed by atoms with Gasteiger partial charge in [0.2, 0.25) is 5.78 Å². The van der Waals surface area contributed by atoms with Gasteiger partial charge in [0.1, 0.15) is 22.5 Å². The summed E-state index contributed by atoms with van der Waals surface area (Å²) in [6.45, 7) is 9.83. The Labute approximate surface area is 186 Å². The van der Waals surface area contributed by atoms with E-state index in [1.165, 1.54) is 6.20 Å². The topological polar surface area (TPSA) is 74.8 Å². The lowest BCUT2D eigenvalue weighted by Gasteiger charge is -2.10. The Morgan fingerprint density at radius 2 is 1.90 bits per heavy atom. The zero-order chi connectivity index (χ0) is 22.8. The predicted octanol–water partition coefficient (Wildman–Crippen LogP) is 6.37. The predicted molar refractivity (Wildman–Crippen MR) is 123 cm³/mol. The van der Waals surface area contributed by atoms with Gasteiger partial charge in [-0.2, -0.15) is 0 Å². The molecule has 0 radical (unpaired) electrons. The Balaban J connectivity index is 0.00000106. The number of aromatic amines is 1. The van der Waals surface area contributed by atoms with Gasteiger partial charge in [-0.05, 0) is 40.5 Å². The molecule has 9 heteroatoms. The van der Waals surface area contributed by atoms with Crippen molar-refractivity contribution in [2.24, 2.45) is 0 Å². The molecule has 2 aromatic heterocycles. The van der Waals surface area contributed by atoms with Crippen molar-refractivity contribution < 1.29 is 17.8 Å². The van der Waals surface area contributed by atoms with Crippen molar-refractivity contribution in [2.45, 2.75) is 41.0 Å². The van der Waals surface area contributed by atoms with E-state index in [2.05, 4.69) is 30.6 Å². The molecule has 2 heterocycles. The first-order valence-electron chi connectivity index (χ1n) is 9.72. The lowest BCUT2D eigenvalue weighted by atomic mass is 10.0. The number of benzene rings is 1. The van der Waals surface area contributed by atoms with Crippen LogP contribution in [-0.4, -0.2) is 25.7 Å². The van der Waals surface area contributed by atoms with Crippen LogP contribution in [0.2, 0.25) is 0 Å². The van der Waals surface area contributed by atoms with Crippen molar-refractivity contribution >= 4 is 49.4 Å². The number of pyridine rings is 1. The summed E-state index contributed by atoms with van der Waals surface area (Å²) in [6.07, 6.45) is 3.54. The van der Waals surface area contributed by atoms with Crippen LogP contribution in [0.1, 0.15) is 57.0 Å². The van der Waals surface area contributed by atoms with E-state index in [0.717, 1.165) is 12.1 Å². The fourth-order valence-corrected chi connectivity index (χ4v) is 3.71. The molecular formula is C21H26BrF2N3O2S. The number of aromatic nitrogens is 2. The molecule has 3 aromatic rings. The Morgan fingerprint density at radius 3 is 2.53 bits per heavy atom. The number of H-pyrrole nitrogens is 1. The van der Waals surface area contributed by atoms with Gasteiger partial charge >= 0.3 is 0 Å². The minimum atomic E-state index is -1.52. The summed E-state index contributed by atoms with van der Waals surface area (Å²) in [5.74, 6) is -2.58. The number of nitrogens with zero attached hydrogens (tertiary/aromatic N) is 1. The molecule has 0 amide bonds. The van der Waals surface area contributed by atoms with Gasteiger partial charge in [0, 0.05) is 33.6 Å². The maximum Gasteiger partial charge on any atom is 0.201 e. The van der Waals surface area contributed by atoms with Crippen LogP contribution in [-0.2, 0) is 11.0 Å². The molecule has 2 N–H and O–H groups in total. The third-order valence-electron chi connectivity index (χ3n) is 3.67. The van der Waals surface area contributed by atoms with Crippen LogP contribution in [0.15, 0.2) is 35.1 Å². The van der Waals surface area contributed by atoms with Gasteiger partial charge in [-0.25, -0.2) is 18.0 Å². The Kier molecular flexibility index (Phi) is 10.8. The Morgan fingerprint density at radius 1 is 1.23 bits per heavy atom. The number of nitrogens with one attached hydrogen (secondary N) is 2. The third kappa shape index (κ3) is 5.95. The smallest absolute Gasteiger partial charge is 0.201 e. The monoisotopic (exact) mass is 501 g/mol. The summed E-state index contributed by atoms with van der Waals surface area (Å²) in [6, 6.07) is 3.74. The van der Waals surface area contributed by atoms with Crippen LogP contribution in [0.25, 0.3) is 11.0 Å². The number of fused-ring (bicyclic) bond motifs is 1. The highest BCUT2D eigenvalue weighted by Crippen LogP contribution is 2.28. The lowest BCUT2D eigenvalue weighted by Crippen LogP contribution is -2.13. The molecule has 0 bridgehead atoms. The molecular weight excluding hydrogens is 476 g/mol. The molecule has 1 aromatic carbocycles. The summed E-state index contributed by atoms with van der Waals surface area (Å²) >= 11 is 3.26. The number of ketones is 1. The second kappa shape index (κ2) is 12.5. The highest BCUT2D eigenvalue weighted by Gasteiger charge is 2.24. The molecule has 1 unspecified atom stereocenters. The van der Waals surface area contributed by atoms with Gasteiger partial charge in [0.05, 0.1) is 11.3 Å². The maximum absolute atomic E-state index is 14.8. The van der Waals surface area contributed by atoms with Gasteiger partial charge in [-0.15, -0.1) is 0 Å². The third-order valence-corrected chi connectivity index (χ3v) is 5.33. The second-order valence-electron chi connectivity index (χ2n) is 5.52. The highest BCUT2D eigenvalue weighted by molar-refractivity contribution is 9.10. The van der Waals surface area contributed by atoms with Gasteiger partial charge < -0.3 is 9.71 Å². The first kappa shape index (κ1) is 25.9. The maximum atomic E-state index is 14.8. The van der Waals surface area contributed by atoms with Crippen molar-refractivity contribution in [3.05, 3.63) is 57.8 Å². The van der Waals surface area contributed by atoms with Gasteiger partial charge in [0.25, 0.3) is 0 Å². The minimum absolute atomic E-state index is 0.0958. The van der Waals surface area contributed by atoms with E-state index < -0.39 is 34.0 Å². The van der Waals surface area contributed by atoms with Crippen LogP contribution in [0.3, 0.4) is 0 Å². The van der Waals surface area contributed by atoms with Crippen molar-refractivity contribution in [3.8, 4) is 0 Å². The molecule has 30 heavy (non-hydrogen) atoms. The van der Waals surface area contributed by atoms with E-state index in [4.69, 9.17) is 0 Å². The quantitative estimate of drug-likeness (QED) is 0.385. The summed E-state index contributed by atoms with van der Waals surface area (Å²) in [7, 11) is -1.52. The normalized spacial score (nSPS) is 11.1. The number of carbonyl (C=O) groups excluding carboxylic acids is 1. The van der Waals surface area contributed by atoms with E-state index in [1.54, 1.807) is 12.3 Å². The molecule has 0 aliphatic heterocycles. The molecule has 0 fully saturated rings. The minimum Gasteiger partial charge on any atom is -0.345 e. The van der Waals surface area contributed by atoms with Crippen molar-refractivity contribution in [2.75, 3.05) is 10.5 Å². The summed E-state index contributed by atoms with van der Waals surface area (Å²) in [5, 5.41) is 0.441. The Hall–Kier alpha value is -2.13. The molecule has 0 saturated heterocycles. The molecule has 0 aliphatic carbocycles. The van der Waals surface area contributed by atoms with Crippen LogP contribution in [0.5, 0.6) is 0 Å². The number of rotatable bonds is 6. The molecule has 5 nitrogen and oxygen atoms in total. The number of anilines is 1. The molecule has 0 saturated carbocycles. The second-order valence-corrected chi connectivity index (χ2v) is 7.74. The van der Waals surface area contributed by atoms with E-state index in [9.17, 15) is 17.8 Å². The zero-order valence-corrected chi connectivity index (χ0v) is 20.0. The molecule has 0 spiro atoms. The van der Waals surface area contributed by atoms with Crippen molar-refractivity contribution in [1.29, 1.82) is 0 Å². The van der Waals surface area contributed by atoms with Crippen LogP contribution >= 0.6 is 15.9 Å². The van der Waals surface area contributed by atoms with Crippen LogP contribution in [0, 0.1) is 11.6 Å². The average Bonchev–Trinajstić information content (AvgIpc) is 3.16. The summed E-state index contributed by atoms with van der Waals surface area (Å²) in [4.78, 5) is 19.7. The van der Waals surface area contributed by atoms with E-state index in [1.807, 2.05) is 34.6 Å². The fourth-order valence-electron chi connectivity index (χ4n) is 2.50. The van der Waals surface area contributed by atoms with Crippen molar-refractivity contribution in [3.63, 3.8) is 0 Å². The number of carbonyl (C=O) groups is 1. The zero-order valence-electron chi connectivity index (χ0n) is 17.6. The van der Waals surface area contributed by atoms with Gasteiger partial charge in [-0.3, -0.25) is 4.79 Å². The van der Waals surface area contributed by atoms with E-state index >= 15 is 0 Å². The molecule has 3 rings (SSSR count). The SMILES string of the molecule is CC.CC.CCCS(=O)Nc1ccc(F)c(C(=O)c2c[nH]c3ncc(Br)cc23)c1F. The number of hydrogen-bond donors (Lipinski definition) is 2. The summed E-state index contributed by atoms with van der Waals surface area (Å²) in [5.41, 5.74) is -0.362. The largest absolute Gasteiger partial charge is 0.345 e. The van der Waals surface area contributed by atoms with Crippen LogP contribution < -0.4 is 4.72 Å². The first-order chi connectivity index (χ1) is 14.4. The Bertz CT molecular complexity index is 1020. The number of hydrogen-bond acceptors (Lipinski definition) is 3. The van der Waals surface area contributed by atoms with E-state index in [0.29, 0.717) is 27.7 Å². The van der Waals surface area contributed by atoms with Crippen molar-refractivity contribution in [1.82, 2.24) is 9.97 Å². The van der Waals surface area contributed by atoms with Gasteiger partial charge in [0.15, 0.2) is 5.82 Å². The van der Waals surface area contributed by atoms with E-state index in [-0.39, 0.29) is 11.3 Å². The molecule has 0 aliphatic rings. The highest BCUT2D eigenvalue weighted by atomic mass is 79.9.